The zero-order valence-electron chi connectivity index (χ0n) is 21.0. The summed E-state index contributed by atoms with van der Waals surface area (Å²) in [6.45, 7) is 1.05. The number of barbiturate groups is 1. The molecule has 4 amide bonds. The average Bonchev–Trinajstić information content (AvgIpc) is 2.92. The third kappa shape index (κ3) is 4.48. The van der Waals surface area contributed by atoms with Gasteiger partial charge in [-0.15, -0.1) is 0 Å². The van der Waals surface area contributed by atoms with E-state index in [4.69, 9.17) is 0 Å². The van der Waals surface area contributed by atoms with Crippen molar-refractivity contribution in [3.8, 4) is 0 Å². The van der Waals surface area contributed by atoms with Gasteiger partial charge in [-0.3, -0.25) is 19.4 Å². The van der Waals surface area contributed by atoms with Gasteiger partial charge in [0.25, 0.3) is 0 Å². The minimum Gasteiger partial charge on any atom is -0.273 e. The van der Waals surface area contributed by atoms with Crippen molar-refractivity contribution in [3.63, 3.8) is 0 Å². The van der Waals surface area contributed by atoms with Gasteiger partial charge in [-0.1, -0.05) is 27.2 Å². The molecule has 0 N–H and O–H groups in total. The molecule has 1 atom stereocenters. The quantitative estimate of drug-likeness (QED) is 0.156. The van der Waals surface area contributed by atoms with Crippen molar-refractivity contribution in [1.29, 1.82) is 0 Å². The summed E-state index contributed by atoms with van der Waals surface area (Å²) in [6, 6.07) is -1.85. The molecule has 0 radical (unpaired) electrons. The van der Waals surface area contributed by atoms with Crippen molar-refractivity contribution in [3.05, 3.63) is 69.3 Å². The van der Waals surface area contributed by atoms with Crippen LogP contribution in [0.15, 0.2) is 0 Å². The number of urea groups is 1. The summed E-state index contributed by atoms with van der Waals surface area (Å²) in [5, 5.41) is 0. The number of nitrogens with zero attached hydrogens (tertiary/aromatic N) is 2. The van der Waals surface area contributed by atoms with Crippen LogP contribution in [0.2, 0.25) is 0 Å². The van der Waals surface area contributed by atoms with Crippen LogP contribution in [-0.4, -0.2) is 27.6 Å². The highest BCUT2D eigenvalue weighted by Crippen LogP contribution is 2.43. The summed E-state index contributed by atoms with van der Waals surface area (Å²) in [4.78, 5) is 40.3. The van der Waals surface area contributed by atoms with Crippen molar-refractivity contribution < 1.29 is 58.3 Å². The van der Waals surface area contributed by atoms with E-state index in [2.05, 4.69) is 0 Å². The summed E-state index contributed by atoms with van der Waals surface area (Å²) in [6.07, 6.45) is 0.0132. The Bertz CT molecular complexity index is 1260. The van der Waals surface area contributed by atoms with E-state index < -0.39 is 118 Å². The number of amides is 4. The molecule has 218 valence electrons. The molecule has 1 aliphatic rings. The second-order valence-electron chi connectivity index (χ2n) is 9.18. The van der Waals surface area contributed by atoms with Crippen LogP contribution in [0, 0.1) is 69.5 Å². The number of carbonyl (C=O) groups excluding carboxylic acids is 3. The summed E-state index contributed by atoms with van der Waals surface area (Å²) in [5.41, 5.74) is -5.56. The van der Waals surface area contributed by atoms with Gasteiger partial charge >= 0.3 is 6.03 Å². The van der Waals surface area contributed by atoms with Crippen molar-refractivity contribution in [2.75, 3.05) is 0 Å². The largest absolute Gasteiger partial charge is 0.334 e. The second-order valence-corrected chi connectivity index (χ2v) is 9.18. The first-order chi connectivity index (χ1) is 18.6. The SMILES string of the molecule is CCCC(C)C1(CC)C(=O)N(Cc2c(F)c(F)c(F)c(F)c2F)C(=O)N(Cc2c(F)c(F)c(F)c(F)c2F)C1=O. The second kappa shape index (κ2) is 11.1. The molecule has 0 spiro atoms. The van der Waals surface area contributed by atoms with Gasteiger partial charge in [0, 0.05) is 11.1 Å². The van der Waals surface area contributed by atoms with Crippen LogP contribution in [-0.2, 0) is 22.7 Å². The lowest BCUT2D eigenvalue weighted by atomic mass is 9.69. The van der Waals surface area contributed by atoms with E-state index in [-0.39, 0.29) is 16.2 Å². The molecule has 0 saturated carbocycles. The number of benzene rings is 2. The summed E-state index contributed by atoms with van der Waals surface area (Å²) < 4.78 is 140. The Kier molecular flexibility index (Phi) is 8.56. The van der Waals surface area contributed by atoms with Crippen molar-refractivity contribution in [2.24, 2.45) is 11.3 Å². The van der Waals surface area contributed by atoms with Crippen LogP contribution in [0.1, 0.15) is 51.2 Å². The molecule has 1 saturated heterocycles. The molecular weight excluding hydrogens is 566 g/mol. The van der Waals surface area contributed by atoms with E-state index in [1.54, 1.807) is 6.92 Å². The monoisotopic (exact) mass is 586 g/mol. The zero-order valence-corrected chi connectivity index (χ0v) is 21.0. The fourth-order valence-corrected chi connectivity index (χ4v) is 4.82. The predicted octanol–water partition coefficient (Wildman–Crippen LogP) is 6.40. The van der Waals surface area contributed by atoms with Gasteiger partial charge in [0.05, 0.1) is 13.1 Å². The van der Waals surface area contributed by atoms with Crippen LogP contribution in [0.5, 0.6) is 0 Å². The lowest BCUT2D eigenvalue weighted by molar-refractivity contribution is -0.164. The summed E-state index contributed by atoms with van der Waals surface area (Å²) >= 11 is 0. The highest BCUT2D eigenvalue weighted by Gasteiger charge is 2.59. The van der Waals surface area contributed by atoms with E-state index in [1.807, 2.05) is 0 Å². The number of hydrogen-bond donors (Lipinski definition) is 0. The maximum atomic E-state index is 14.4. The molecule has 5 nitrogen and oxygen atoms in total. The fraction of sp³-hybridized carbons (Fsp3) is 0.400. The minimum atomic E-state index is -2.53. The first-order valence-electron chi connectivity index (χ1n) is 11.8. The molecule has 2 aromatic carbocycles. The van der Waals surface area contributed by atoms with Crippen LogP contribution >= 0.6 is 0 Å². The number of imide groups is 2. The fourth-order valence-electron chi connectivity index (χ4n) is 4.82. The van der Waals surface area contributed by atoms with Gasteiger partial charge in [-0.25, -0.2) is 48.7 Å². The number of hydrogen-bond acceptors (Lipinski definition) is 3. The average molecular weight is 586 g/mol. The highest BCUT2D eigenvalue weighted by molar-refractivity contribution is 6.19. The third-order valence-electron chi connectivity index (χ3n) is 7.07. The molecule has 0 aromatic heterocycles. The van der Waals surface area contributed by atoms with Gasteiger partial charge in [0.2, 0.25) is 23.4 Å². The van der Waals surface area contributed by atoms with Crippen molar-refractivity contribution in [1.82, 2.24) is 9.80 Å². The first-order valence-corrected chi connectivity index (χ1v) is 11.8. The molecule has 15 heteroatoms. The predicted molar refractivity (Wildman–Crippen MR) is 116 cm³/mol. The maximum Gasteiger partial charge on any atom is 0.334 e. The van der Waals surface area contributed by atoms with Gasteiger partial charge in [0.15, 0.2) is 46.5 Å². The lowest BCUT2D eigenvalue weighted by Crippen LogP contribution is -2.66. The van der Waals surface area contributed by atoms with E-state index in [1.165, 1.54) is 13.8 Å². The minimum absolute atomic E-state index is 0.0542. The molecular formula is C25H20F10N2O3. The Morgan fingerprint density at radius 2 is 0.875 bits per heavy atom. The maximum absolute atomic E-state index is 14.4. The number of rotatable bonds is 8. The molecule has 1 aliphatic heterocycles. The Hall–Kier alpha value is -3.65. The Labute approximate surface area is 220 Å². The Morgan fingerprint density at radius 3 is 1.15 bits per heavy atom. The van der Waals surface area contributed by atoms with Gasteiger partial charge in [0.1, 0.15) is 5.41 Å². The van der Waals surface area contributed by atoms with Gasteiger partial charge < -0.3 is 0 Å². The van der Waals surface area contributed by atoms with E-state index in [0.29, 0.717) is 6.42 Å². The first kappa shape index (κ1) is 30.9. The topological polar surface area (TPSA) is 57.7 Å². The molecule has 1 fully saturated rings. The van der Waals surface area contributed by atoms with Crippen LogP contribution in [0.25, 0.3) is 0 Å². The Balaban J connectivity index is 2.25. The molecule has 40 heavy (non-hydrogen) atoms. The van der Waals surface area contributed by atoms with Gasteiger partial charge in [-0.2, -0.15) is 0 Å². The highest BCUT2D eigenvalue weighted by atomic mass is 19.2. The van der Waals surface area contributed by atoms with Gasteiger partial charge in [-0.05, 0) is 18.8 Å². The van der Waals surface area contributed by atoms with Crippen molar-refractivity contribution in [2.45, 2.75) is 53.1 Å². The number of halogens is 10. The van der Waals surface area contributed by atoms with Crippen LogP contribution in [0.4, 0.5) is 48.7 Å². The van der Waals surface area contributed by atoms with Crippen molar-refractivity contribution >= 4 is 17.8 Å². The molecule has 1 unspecified atom stereocenters. The van der Waals surface area contributed by atoms with E-state index >= 15 is 0 Å². The number of carbonyl (C=O) groups is 3. The zero-order chi connectivity index (χ0) is 30.4. The summed E-state index contributed by atoms with van der Waals surface area (Å²) in [5.74, 6) is -28.1. The summed E-state index contributed by atoms with van der Waals surface area (Å²) in [7, 11) is 0. The molecule has 3 rings (SSSR count). The molecule has 2 aromatic rings. The smallest absolute Gasteiger partial charge is 0.273 e. The lowest BCUT2D eigenvalue weighted by Gasteiger charge is -2.46. The normalized spacial score (nSPS) is 16.3. The standard InChI is InChI=1S/C25H20F10N2O3/c1-4-6-9(3)25(5-2)22(38)36(7-10-12(26)16(30)20(34)17(31)13(10)27)24(40)37(23(25)39)8-11-14(28)18(32)21(35)19(33)15(11)29/h9H,4-8H2,1-3H3. The molecule has 0 aliphatic carbocycles. The Morgan fingerprint density at radius 1 is 0.575 bits per heavy atom. The van der Waals surface area contributed by atoms with Crippen LogP contribution < -0.4 is 0 Å². The van der Waals surface area contributed by atoms with Crippen LogP contribution in [0.3, 0.4) is 0 Å². The molecule has 1 heterocycles. The molecule has 0 bridgehead atoms. The third-order valence-corrected chi connectivity index (χ3v) is 7.07. The van der Waals surface area contributed by atoms with E-state index in [0.717, 1.165) is 0 Å². The van der Waals surface area contributed by atoms with E-state index in [9.17, 15) is 58.3 Å².